The summed E-state index contributed by atoms with van der Waals surface area (Å²) in [6.07, 6.45) is 0.438. The van der Waals surface area contributed by atoms with E-state index in [1.165, 1.54) is 0 Å². The van der Waals surface area contributed by atoms with E-state index in [0.29, 0.717) is 25.4 Å². The fraction of sp³-hybridized carbons (Fsp3) is 0.393. The number of pyridine rings is 1. The zero-order chi connectivity index (χ0) is 25.4. The van der Waals surface area contributed by atoms with E-state index in [9.17, 15) is 9.59 Å². The van der Waals surface area contributed by atoms with Crippen LogP contribution < -0.4 is 10.1 Å². The summed E-state index contributed by atoms with van der Waals surface area (Å²) in [6, 6.07) is 15.7. The Labute approximate surface area is 206 Å². The molecule has 0 bridgehead atoms. The van der Waals surface area contributed by atoms with Crippen LogP contribution in [-0.4, -0.2) is 42.8 Å². The van der Waals surface area contributed by atoms with Crippen LogP contribution in [0.15, 0.2) is 48.5 Å². The largest absolute Gasteiger partial charge is 0.496 e. The minimum absolute atomic E-state index is 0.176. The van der Waals surface area contributed by atoms with E-state index in [1.807, 2.05) is 63.2 Å². The third-order valence-corrected chi connectivity index (χ3v) is 5.23. The molecule has 0 aliphatic rings. The molecule has 35 heavy (non-hydrogen) atoms. The first kappa shape index (κ1) is 26.2. The van der Waals surface area contributed by atoms with Crippen LogP contribution in [0.1, 0.15) is 45.4 Å². The van der Waals surface area contributed by atoms with Crippen molar-refractivity contribution in [3.63, 3.8) is 0 Å². The van der Waals surface area contributed by atoms with Crippen molar-refractivity contribution >= 4 is 22.8 Å². The topological polar surface area (TPSA) is 86.8 Å². The van der Waals surface area contributed by atoms with Crippen LogP contribution in [0.2, 0.25) is 0 Å². The molecule has 1 N–H and O–H groups in total. The van der Waals surface area contributed by atoms with E-state index in [0.717, 1.165) is 33.3 Å². The summed E-state index contributed by atoms with van der Waals surface area (Å²) < 4.78 is 16.2. The van der Waals surface area contributed by atoms with Gasteiger partial charge >= 0.3 is 11.9 Å². The van der Waals surface area contributed by atoms with Crippen molar-refractivity contribution in [1.29, 1.82) is 0 Å². The molecule has 0 saturated heterocycles. The van der Waals surface area contributed by atoms with Crippen LogP contribution in [0.5, 0.6) is 5.75 Å². The highest BCUT2D eigenvalue weighted by molar-refractivity contribution is 5.87. The second kappa shape index (κ2) is 11.8. The van der Waals surface area contributed by atoms with E-state index < -0.39 is 5.60 Å². The van der Waals surface area contributed by atoms with Gasteiger partial charge in [-0.05, 0) is 57.5 Å². The van der Waals surface area contributed by atoms with Gasteiger partial charge in [-0.3, -0.25) is 14.6 Å². The number of esters is 2. The predicted molar refractivity (Wildman–Crippen MR) is 136 cm³/mol. The lowest BCUT2D eigenvalue weighted by atomic mass is 9.97. The number of hydrogen-bond acceptors (Lipinski definition) is 7. The van der Waals surface area contributed by atoms with Crippen LogP contribution >= 0.6 is 0 Å². The number of benzene rings is 2. The highest BCUT2D eigenvalue weighted by atomic mass is 16.6. The highest BCUT2D eigenvalue weighted by Crippen LogP contribution is 2.35. The molecular formula is C28H34N2O5. The van der Waals surface area contributed by atoms with Crippen molar-refractivity contribution in [3.05, 3.63) is 59.8 Å². The Morgan fingerprint density at radius 3 is 2.49 bits per heavy atom. The molecule has 186 valence electrons. The van der Waals surface area contributed by atoms with Crippen LogP contribution in [0, 0.1) is 0 Å². The Morgan fingerprint density at radius 2 is 1.77 bits per heavy atom. The quantitative estimate of drug-likeness (QED) is 0.330. The molecule has 3 aromatic rings. The number of methoxy groups -OCH3 is 1. The van der Waals surface area contributed by atoms with Gasteiger partial charge in [-0.15, -0.1) is 0 Å². The van der Waals surface area contributed by atoms with Gasteiger partial charge in [0.15, 0.2) is 0 Å². The van der Waals surface area contributed by atoms with Crippen LogP contribution in [0.25, 0.3) is 22.0 Å². The highest BCUT2D eigenvalue weighted by Gasteiger charge is 2.17. The SMILES string of the molecule is CCOC(=O)Cc1ccc(OC)c(-c2cc3ccccc3nc2CNCCC(=O)OC(C)(C)C)c1. The molecule has 1 aromatic heterocycles. The second-order valence-corrected chi connectivity index (χ2v) is 9.20. The zero-order valence-corrected chi connectivity index (χ0v) is 21.1. The third-order valence-electron chi connectivity index (χ3n) is 5.23. The van der Waals surface area contributed by atoms with Crippen molar-refractivity contribution in [1.82, 2.24) is 10.3 Å². The number of nitrogens with one attached hydrogen (secondary N) is 1. The van der Waals surface area contributed by atoms with Crippen molar-refractivity contribution < 1.29 is 23.8 Å². The number of carbonyl (C=O) groups is 2. The molecule has 0 saturated carbocycles. The fourth-order valence-electron chi connectivity index (χ4n) is 3.77. The summed E-state index contributed by atoms with van der Waals surface area (Å²) in [5, 5.41) is 4.31. The lowest BCUT2D eigenvalue weighted by molar-refractivity contribution is -0.154. The standard InChI is InChI=1S/C28H34N2O5/c1-6-34-27(32)16-19-11-12-25(33-5)22(15-19)21-17-20-9-7-8-10-23(20)30-24(21)18-29-14-13-26(31)35-28(2,3)4/h7-12,15,17,29H,6,13-14,16,18H2,1-5H3. The van der Waals surface area contributed by atoms with E-state index in [2.05, 4.69) is 11.4 Å². The zero-order valence-electron chi connectivity index (χ0n) is 21.1. The molecule has 7 heteroatoms. The number of nitrogens with zero attached hydrogens (tertiary/aromatic N) is 1. The number of hydrogen-bond donors (Lipinski definition) is 1. The maximum absolute atomic E-state index is 12.1. The molecule has 0 radical (unpaired) electrons. The molecule has 0 amide bonds. The number of aromatic nitrogens is 1. The van der Waals surface area contributed by atoms with Gasteiger partial charge in [0.05, 0.1) is 37.8 Å². The maximum atomic E-state index is 12.1. The number of para-hydroxylation sites is 1. The van der Waals surface area contributed by atoms with E-state index in [4.69, 9.17) is 19.2 Å². The lowest BCUT2D eigenvalue weighted by Gasteiger charge is -2.19. The lowest BCUT2D eigenvalue weighted by Crippen LogP contribution is -2.26. The van der Waals surface area contributed by atoms with Gasteiger partial charge in [-0.25, -0.2) is 0 Å². The van der Waals surface area contributed by atoms with Crippen LogP contribution in [0.3, 0.4) is 0 Å². The summed E-state index contributed by atoms with van der Waals surface area (Å²) in [4.78, 5) is 29.0. The summed E-state index contributed by atoms with van der Waals surface area (Å²) in [6.45, 7) is 8.61. The molecule has 0 aliphatic heterocycles. The molecular weight excluding hydrogens is 444 g/mol. The summed E-state index contributed by atoms with van der Waals surface area (Å²) in [5.41, 5.74) is 3.76. The first-order chi connectivity index (χ1) is 16.7. The summed E-state index contributed by atoms with van der Waals surface area (Å²) in [7, 11) is 1.62. The van der Waals surface area contributed by atoms with Crippen molar-refractivity contribution in [2.45, 2.75) is 52.7 Å². The Balaban J connectivity index is 1.90. The third kappa shape index (κ3) is 7.52. The number of rotatable bonds is 10. The smallest absolute Gasteiger partial charge is 0.310 e. The molecule has 2 aromatic carbocycles. The molecule has 0 unspecified atom stereocenters. The van der Waals surface area contributed by atoms with E-state index in [1.54, 1.807) is 14.0 Å². The molecule has 0 spiro atoms. The average Bonchev–Trinajstić information content (AvgIpc) is 2.80. The number of carbonyl (C=O) groups excluding carboxylic acids is 2. The maximum Gasteiger partial charge on any atom is 0.310 e. The van der Waals surface area contributed by atoms with Gasteiger partial charge < -0.3 is 19.5 Å². The number of ether oxygens (including phenoxy) is 3. The van der Waals surface area contributed by atoms with Gasteiger partial charge in [-0.2, -0.15) is 0 Å². The fourth-order valence-corrected chi connectivity index (χ4v) is 3.77. The van der Waals surface area contributed by atoms with E-state index >= 15 is 0 Å². The monoisotopic (exact) mass is 478 g/mol. The summed E-state index contributed by atoms with van der Waals surface area (Å²) >= 11 is 0. The second-order valence-electron chi connectivity index (χ2n) is 9.20. The predicted octanol–water partition coefficient (Wildman–Crippen LogP) is 4.84. The van der Waals surface area contributed by atoms with Crippen LogP contribution in [0.4, 0.5) is 0 Å². The average molecular weight is 479 g/mol. The van der Waals surface area contributed by atoms with Crippen molar-refractivity contribution in [2.75, 3.05) is 20.3 Å². The molecule has 7 nitrogen and oxygen atoms in total. The molecule has 0 atom stereocenters. The molecule has 0 aliphatic carbocycles. The number of fused-ring (bicyclic) bond motifs is 1. The summed E-state index contributed by atoms with van der Waals surface area (Å²) in [5.74, 6) is 0.166. The normalized spacial score (nSPS) is 11.3. The molecule has 1 heterocycles. The van der Waals surface area contributed by atoms with Crippen molar-refractivity contribution in [2.24, 2.45) is 0 Å². The molecule has 3 rings (SSSR count). The minimum Gasteiger partial charge on any atom is -0.496 e. The van der Waals surface area contributed by atoms with Gasteiger partial charge in [-0.1, -0.05) is 24.3 Å². The Bertz CT molecular complexity index is 1180. The first-order valence-electron chi connectivity index (χ1n) is 11.8. The minimum atomic E-state index is -0.505. The van der Waals surface area contributed by atoms with Gasteiger partial charge in [0.1, 0.15) is 11.4 Å². The Hall–Kier alpha value is -3.45. The Morgan fingerprint density at radius 1 is 1.00 bits per heavy atom. The van der Waals surface area contributed by atoms with E-state index in [-0.39, 0.29) is 24.8 Å². The first-order valence-corrected chi connectivity index (χ1v) is 11.8. The Kier molecular flexibility index (Phi) is 8.82. The molecule has 0 fully saturated rings. The van der Waals surface area contributed by atoms with Gasteiger partial charge in [0.2, 0.25) is 0 Å². The van der Waals surface area contributed by atoms with Gasteiger partial charge in [0, 0.05) is 29.6 Å². The van der Waals surface area contributed by atoms with Gasteiger partial charge in [0.25, 0.3) is 0 Å². The van der Waals surface area contributed by atoms with Crippen molar-refractivity contribution in [3.8, 4) is 16.9 Å². The van der Waals surface area contributed by atoms with Crippen LogP contribution in [-0.2, 0) is 32.0 Å².